The number of fused-ring (bicyclic) bond motifs is 7. The van der Waals surface area contributed by atoms with Crippen LogP contribution in [0.5, 0.6) is 0 Å². The first-order valence-corrected chi connectivity index (χ1v) is 21.8. The van der Waals surface area contributed by atoms with Crippen molar-refractivity contribution in [3.63, 3.8) is 0 Å². The van der Waals surface area contributed by atoms with Crippen molar-refractivity contribution in [2.75, 3.05) is 4.90 Å². The summed E-state index contributed by atoms with van der Waals surface area (Å²) in [6.07, 6.45) is 0. The van der Waals surface area contributed by atoms with Gasteiger partial charge in [0.1, 0.15) is 0 Å². The molecule has 1 aliphatic carbocycles. The summed E-state index contributed by atoms with van der Waals surface area (Å²) in [6.45, 7) is 0. The summed E-state index contributed by atoms with van der Waals surface area (Å²) in [6, 6.07) is 87.3. The minimum atomic E-state index is -0.535. The fraction of sp³-hybridized carbons (Fsp3) is 0.0169. The normalized spacial score (nSPS) is 14.3. The quantitative estimate of drug-likeness (QED) is 0.155. The van der Waals surface area contributed by atoms with Gasteiger partial charge in [-0.05, 0) is 127 Å². The molecule has 0 saturated heterocycles. The van der Waals surface area contributed by atoms with Crippen LogP contribution in [0.2, 0.25) is 0 Å². The molecular formula is C59H39NS. The fourth-order valence-corrected chi connectivity index (χ4v) is 11.1. The molecule has 1 atom stereocenters. The number of thiophene rings is 1. The van der Waals surface area contributed by atoms with Crippen molar-refractivity contribution >= 4 is 59.3 Å². The van der Waals surface area contributed by atoms with Gasteiger partial charge in [0.05, 0.1) is 5.41 Å². The Morgan fingerprint density at radius 2 is 0.852 bits per heavy atom. The maximum absolute atomic E-state index is 2.49. The predicted octanol–water partition coefficient (Wildman–Crippen LogP) is 16.4. The summed E-state index contributed by atoms with van der Waals surface area (Å²) in [4.78, 5) is 2.37. The molecule has 1 nitrogen and oxygen atoms in total. The van der Waals surface area contributed by atoms with Gasteiger partial charge in [-0.1, -0.05) is 176 Å². The Hall–Kier alpha value is -7.52. The summed E-state index contributed by atoms with van der Waals surface area (Å²) in [5.74, 6) is 0. The van der Waals surface area contributed by atoms with E-state index in [9.17, 15) is 0 Å². The molecule has 1 heterocycles. The highest BCUT2D eigenvalue weighted by Gasteiger charge is 2.46. The average molecular weight is 794 g/mol. The van der Waals surface area contributed by atoms with E-state index in [-0.39, 0.29) is 0 Å². The second-order valence-corrected chi connectivity index (χ2v) is 17.1. The van der Waals surface area contributed by atoms with Gasteiger partial charge in [-0.3, -0.25) is 0 Å². The number of para-hydroxylation sites is 1. The van der Waals surface area contributed by atoms with Crippen LogP contribution in [0.25, 0.3) is 64.3 Å². The van der Waals surface area contributed by atoms with E-state index < -0.39 is 5.41 Å². The minimum Gasteiger partial charge on any atom is -0.310 e. The lowest BCUT2D eigenvalue weighted by Gasteiger charge is -2.34. The molecule has 0 spiro atoms. The fourth-order valence-electron chi connectivity index (χ4n) is 9.91. The number of rotatable bonds is 7. The van der Waals surface area contributed by atoms with Crippen LogP contribution in [0, 0.1) is 0 Å². The Morgan fingerprint density at radius 1 is 0.311 bits per heavy atom. The van der Waals surface area contributed by atoms with Crippen LogP contribution in [-0.4, -0.2) is 0 Å². The van der Waals surface area contributed by atoms with E-state index >= 15 is 0 Å². The molecule has 0 N–H and O–H groups in total. The highest BCUT2D eigenvalue weighted by Crippen LogP contribution is 2.58. The maximum Gasteiger partial charge on any atom is 0.0714 e. The molecule has 0 aliphatic heterocycles. The van der Waals surface area contributed by atoms with E-state index in [0.717, 1.165) is 17.1 Å². The first-order chi connectivity index (χ1) is 30.2. The Morgan fingerprint density at radius 3 is 1.61 bits per heavy atom. The second kappa shape index (κ2) is 14.3. The third-order valence-electron chi connectivity index (χ3n) is 12.7. The zero-order valence-corrected chi connectivity index (χ0v) is 34.2. The second-order valence-electron chi connectivity index (χ2n) is 16.1. The number of anilines is 3. The van der Waals surface area contributed by atoms with Crippen LogP contribution >= 0.6 is 11.3 Å². The van der Waals surface area contributed by atoms with Gasteiger partial charge in [0.25, 0.3) is 0 Å². The molecule has 0 amide bonds. The van der Waals surface area contributed by atoms with Crippen LogP contribution in [0.15, 0.2) is 237 Å². The molecule has 1 aromatic heterocycles. The smallest absolute Gasteiger partial charge is 0.0714 e. The van der Waals surface area contributed by atoms with Crippen LogP contribution in [-0.2, 0) is 5.41 Å². The molecule has 10 aromatic carbocycles. The van der Waals surface area contributed by atoms with Crippen LogP contribution in [0.1, 0.15) is 22.3 Å². The molecule has 0 saturated carbocycles. The lowest BCUT2D eigenvalue weighted by atomic mass is 9.67. The molecular weight excluding hydrogens is 755 g/mol. The Bertz CT molecular complexity index is 3410. The molecule has 61 heavy (non-hydrogen) atoms. The molecule has 1 unspecified atom stereocenters. The van der Waals surface area contributed by atoms with Crippen molar-refractivity contribution in [3.8, 4) is 33.4 Å². The lowest BCUT2D eigenvalue weighted by molar-refractivity contribution is 0.771. The highest BCUT2D eigenvalue weighted by atomic mass is 32.1. The molecule has 0 bridgehead atoms. The van der Waals surface area contributed by atoms with Crippen LogP contribution in [0.4, 0.5) is 17.1 Å². The molecule has 1 aliphatic rings. The van der Waals surface area contributed by atoms with E-state index in [4.69, 9.17) is 0 Å². The third kappa shape index (κ3) is 5.75. The van der Waals surface area contributed by atoms with Crippen LogP contribution in [0.3, 0.4) is 0 Å². The van der Waals surface area contributed by atoms with E-state index in [1.54, 1.807) is 0 Å². The van der Waals surface area contributed by atoms with Crippen molar-refractivity contribution < 1.29 is 0 Å². The van der Waals surface area contributed by atoms with Gasteiger partial charge in [0.2, 0.25) is 0 Å². The Kier molecular flexibility index (Phi) is 8.33. The molecule has 286 valence electrons. The van der Waals surface area contributed by atoms with Crippen molar-refractivity contribution in [2.24, 2.45) is 0 Å². The number of hydrogen-bond donors (Lipinski definition) is 0. The van der Waals surface area contributed by atoms with Crippen molar-refractivity contribution in [1.82, 2.24) is 0 Å². The summed E-state index contributed by atoms with van der Waals surface area (Å²) in [5.41, 5.74) is 15.5. The van der Waals surface area contributed by atoms with Gasteiger partial charge in [0.15, 0.2) is 0 Å². The van der Waals surface area contributed by atoms with Gasteiger partial charge in [-0.2, -0.15) is 0 Å². The molecule has 12 rings (SSSR count). The molecule has 0 fully saturated rings. The first kappa shape index (κ1) is 35.4. The third-order valence-corrected chi connectivity index (χ3v) is 13.8. The monoisotopic (exact) mass is 793 g/mol. The lowest BCUT2D eigenvalue weighted by Crippen LogP contribution is -2.28. The number of nitrogens with zero attached hydrogens (tertiary/aromatic N) is 1. The van der Waals surface area contributed by atoms with Crippen molar-refractivity contribution in [2.45, 2.75) is 5.41 Å². The van der Waals surface area contributed by atoms with Gasteiger partial charge < -0.3 is 4.90 Å². The summed E-state index contributed by atoms with van der Waals surface area (Å²) in [5, 5.41) is 5.08. The van der Waals surface area contributed by atoms with Crippen LogP contribution < -0.4 is 4.90 Å². The van der Waals surface area contributed by atoms with E-state index in [1.807, 2.05) is 11.3 Å². The van der Waals surface area contributed by atoms with E-state index in [2.05, 4.69) is 241 Å². The zero-order chi connectivity index (χ0) is 40.3. The summed E-state index contributed by atoms with van der Waals surface area (Å²) < 4.78 is 2.55. The minimum absolute atomic E-state index is 0.535. The summed E-state index contributed by atoms with van der Waals surface area (Å²) in [7, 11) is 0. The topological polar surface area (TPSA) is 3.24 Å². The SMILES string of the molecule is c1ccc(-c2ccc(N(c3ccccc3)c3ccc4c(c3)sc3cc(C5(c6cccc(-c7ccccc7)c6)c6ccccc6-c6cc7ccccc7cc65)ccc34)cc2)cc1. The number of benzene rings is 10. The first-order valence-electron chi connectivity index (χ1n) is 21.0. The molecule has 2 heteroatoms. The van der Waals surface area contributed by atoms with Gasteiger partial charge in [-0.25, -0.2) is 0 Å². The Labute approximate surface area is 360 Å². The van der Waals surface area contributed by atoms with Gasteiger partial charge >= 0.3 is 0 Å². The van der Waals surface area contributed by atoms with E-state index in [1.165, 1.54) is 86.6 Å². The van der Waals surface area contributed by atoms with Gasteiger partial charge in [0, 0.05) is 37.2 Å². The average Bonchev–Trinajstić information content (AvgIpc) is 3.84. The standard InChI is InChI=1S/C59H39NS/c1-4-15-40(16-5-1)42-27-30-49(31-28-42)60(48-23-8-3-9-24-48)50-32-34-53-52-33-29-47(38-57(52)61-58(53)39-50)59(46-22-14-21-43(35-46)41-17-6-2-7-18-41)55-26-13-12-25-51(55)54-36-44-19-10-11-20-45(44)37-56(54)59/h1-39H. The van der Waals surface area contributed by atoms with Gasteiger partial charge in [-0.15, -0.1) is 11.3 Å². The largest absolute Gasteiger partial charge is 0.310 e. The molecule has 0 radical (unpaired) electrons. The summed E-state index contributed by atoms with van der Waals surface area (Å²) >= 11 is 1.89. The highest BCUT2D eigenvalue weighted by molar-refractivity contribution is 7.25. The maximum atomic E-state index is 2.49. The zero-order valence-electron chi connectivity index (χ0n) is 33.4. The van der Waals surface area contributed by atoms with Crippen molar-refractivity contribution in [3.05, 3.63) is 259 Å². The van der Waals surface area contributed by atoms with Crippen molar-refractivity contribution in [1.29, 1.82) is 0 Å². The predicted molar refractivity (Wildman–Crippen MR) is 260 cm³/mol. The number of hydrogen-bond acceptors (Lipinski definition) is 2. The molecule has 11 aromatic rings. The Balaban J connectivity index is 1.05. The van der Waals surface area contributed by atoms with E-state index in [0.29, 0.717) is 0 Å².